The average Bonchev–Trinajstić information content (AvgIpc) is 3.33. The van der Waals surface area contributed by atoms with E-state index in [9.17, 15) is 57.8 Å². The van der Waals surface area contributed by atoms with Crippen LogP contribution in [-0.4, -0.2) is 228 Å². The quantitative estimate of drug-likeness (QED) is 0.0348. The zero-order chi connectivity index (χ0) is 64.7. The lowest BCUT2D eigenvalue weighted by molar-refractivity contribution is -0.150. The third kappa shape index (κ3) is 21.5. The van der Waals surface area contributed by atoms with Crippen LogP contribution in [0.15, 0.2) is 60.7 Å². The van der Waals surface area contributed by atoms with E-state index in [0.717, 1.165) is 41.7 Å². The molecule has 6 N–H and O–H groups in total. The van der Waals surface area contributed by atoms with Gasteiger partial charge in [0.1, 0.15) is 36.4 Å². The maximum absolute atomic E-state index is 14.7. The Morgan fingerprint density at radius 2 is 1.10 bits per heavy atom. The van der Waals surface area contributed by atoms with Crippen molar-refractivity contribution in [2.24, 2.45) is 17.8 Å². The summed E-state index contributed by atoms with van der Waals surface area (Å²) < 4.78 is 0. The molecule has 24 nitrogen and oxygen atoms in total. The Labute approximate surface area is 508 Å². The van der Waals surface area contributed by atoms with E-state index in [0.29, 0.717) is 42.8 Å². The number of urea groups is 1. The molecule has 0 unspecified atom stereocenters. The number of carbonyl (C=O) groups is 11. The van der Waals surface area contributed by atoms with Gasteiger partial charge in [-0.1, -0.05) is 102 Å². The van der Waals surface area contributed by atoms with Crippen molar-refractivity contribution in [1.29, 1.82) is 0 Å². The van der Waals surface area contributed by atoms with Crippen LogP contribution < -0.4 is 26.6 Å². The van der Waals surface area contributed by atoms with Crippen LogP contribution in [0.3, 0.4) is 0 Å². The first kappa shape index (κ1) is 72.8. The second-order valence-corrected chi connectivity index (χ2v) is 23.9. The minimum atomic E-state index is -1.77. The molecule has 1 aliphatic heterocycles. The van der Waals surface area contributed by atoms with Gasteiger partial charge in [0.05, 0.1) is 18.7 Å². The van der Waals surface area contributed by atoms with Crippen molar-refractivity contribution in [2.75, 3.05) is 68.5 Å². The lowest BCUT2D eigenvalue weighted by atomic mass is 10.0. The molecule has 0 bridgehead atoms. The molecule has 0 spiro atoms. The second kappa shape index (κ2) is 35.2. The van der Waals surface area contributed by atoms with Crippen molar-refractivity contribution in [3.63, 3.8) is 0 Å². The summed E-state index contributed by atoms with van der Waals surface area (Å²) in [5.41, 5.74) is 1.38. The number of nitrogens with one attached hydrogen (secondary N) is 5. The van der Waals surface area contributed by atoms with E-state index >= 15 is 0 Å². The molecule has 2 aromatic rings. The predicted octanol–water partition coefficient (Wildman–Crippen LogP) is 1.98. The summed E-state index contributed by atoms with van der Waals surface area (Å²) in [6.45, 7) is 15.6. The summed E-state index contributed by atoms with van der Waals surface area (Å²) in [7, 11) is 8.64. The van der Waals surface area contributed by atoms with Gasteiger partial charge < -0.3 is 61.1 Å². The van der Waals surface area contributed by atoms with Gasteiger partial charge in [0, 0.05) is 67.7 Å². The van der Waals surface area contributed by atoms with Gasteiger partial charge in [0.25, 0.3) is 17.7 Å². The van der Waals surface area contributed by atoms with Crippen LogP contribution in [0.2, 0.25) is 0 Å². The molecule has 0 saturated carbocycles. The zero-order valence-corrected chi connectivity index (χ0v) is 53.3. The third-order valence-electron chi connectivity index (χ3n) is 15.4. The first-order valence-electron chi connectivity index (χ1n) is 30.0. The molecule has 3 rings (SSSR count). The highest BCUT2D eigenvalue weighted by molar-refractivity contribution is 6.08. The number of aliphatic hydroxyl groups excluding tert-OH is 1. The summed E-state index contributed by atoms with van der Waals surface area (Å²) >= 11 is 0. The van der Waals surface area contributed by atoms with Crippen LogP contribution in [0.5, 0.6) is 0 Å². The van der Waals surface area contributed by atoms with Crippen molar-refractivity contribution < 1.29 is 57.8 Å². The molecular formula is C62H98N12O12. The minimum absolute atomic E-state index is 0.0213. The highest BCUT2D eigenvalue weighted by Gasteiger charge is 2.41. The molecule has 0 aliphatic carbocycles. The maximum Gasteiger partial charge on any atom is 0.327 e. The molecule has 1 fully saturated rings. The summed E-state index contributed by atoms with van der Waals surface area (Å²) in [5.74, 6) is -6.68. The average molecular weight is 1200 g/mol. The number of likely N-dealkylation sites (N-methyl/N-ethyl adjacent to an activating group) is 6. The fourth-order valence-corrected chi connectivity index (χ4v) is 10.4. The number of carbonyl (C=O) groups excluding carboxylic acids is 11. The molecule has 0 aromatic heterocycles. The van der Waals surface area contributed by atoms with Gasteiger partial charge in [-0.15, -0.1) is 0 Å². The number of hydrogen-bond donors (Lipinski definition) is 6. The summed E-state index contributed by atoms with van der Waals surface area (Å²) in [6, 6.07) is 7.68. The normalized spacial score (nSPS) is 15.5. The van der Waals surface area contributed by atoms with E-state index in [2.05, 4.69) is 26.6 Å². The Kier molecular flexibility index (Phi) is 29.8. The summed E-state index contributed by atoms with van der Waals surface area (Å²) in [6.07, 6.45) is 1.67. The first-order chi connectivity index (χ1) is 40.5. The monoisotopic (exact) mass is 1200 g/mol. The van der Waals surface area contributed by atoms with Gasteiger partial charge in [-0.3, -0.25) is 52.8 Å². The van der Waals surface area contributed by atoms with Gasteiger partial charge in [-0.05, 0) is 95.2 Å². The number of nitrogens with zero attached hydrogens (tertiary/aromatic N) is 7. The lowest BCUT2D eigenvalue weighted by Gasteiger charge is -2.39. The largest absolute Gasteiger partial charge is 0.391 e. The molecule has 9 atom stereocenters. The number of rotatable bonds is 32. The van der Waals surface area contributed by atoms with Gasteiger partial charge in [0.15, 0.2) is 6.04 Å². The van der Waals surface area contributed by atoms with Crippen molar-refractivity contribution in [3.05, 3.63) is 71.8 Å². The molecule has 2 aromatic carbocycles. The number of likely N-dealkylation sites (tertiary alicyclic amines) is 1. The second-order valence-electron chi connectivity index (χ2n) is 23.9. The number of amides is 12. The summed E-state index contributed by atoms with van der Waals surface area (Å²) in [5, 5.41) is 24.5. The van der Waals surface area contributed by atoms with Crippen LogP contribution in [0.4, 0.5) is 4.79 Å². The van der Waals surface area contributed by atoms with Crippen LogP contribution in [0.1, 0.15) is 112 Å². The Balaban J connectivity index is 1.89. The molecule has 1 saturated heterocycles. The maximum atomic E-state index is 14.7. The van der Waals surface area contributed by atoms with E-state index in [1.807, 2.05) is 58.0 Å². The summed E-state index contributed by atoms with van der Waals surface area (Å²) in [4.78, 5) is 163. The Bertz CT molecular complexity index is 2580. The Morgan fingerprint density at radius 3 is 1.59 bits per heavy atom. The van der Waals surface area contributed by atoms with Crippen molar-refractivity contribution in [1.82, 2.24) is 60.9 Å². The highest BCUT2D eigenvalue weighted by atomic mass is 16.3. The molecule has 1 heterocycles. The van der Waals surface area contributed by atoms with E-state index in [-0.39, 0.29) is 43.6 Å². The van der Waals surface area contributed by atoms with Crippen molar-refractivity contribution in [3.8, 4) is 0 Å². The van der Waals surface area contributed by atoms with Gasteiger partial charge in [0.2, 0.25) is 41.9 Å². The smallest absolute Gasteiger partial charge is 0.327 e. The van der Waals surface area contributed by atoms with E-state index < -0.39 is 120 Å². The molecule has 1 aliphatic rings. The molecule has 0 radical (unpaired) electrons. The van der Waals surface area contributed by atoms with E-state index in [4.69, 9.17) is 0 Å². The fraction of sp³-hybridized carbons (Fsp3) is 0.629. The molecule has 12 amide bonds. The Morgan fingerprint density at radius 1 is 0.593 bits per heavy atom. The standard InChI is InChI=1S/C62H98N12O12/c1-16-74(48(35-44-26-20-17-21-27-44)56(80)64-42(8)57(81)70(13)49(36-45-28-22-18-23-29-45)58(82)71(14)51(34-41(6)7)69(12)38-75)62(86)72(15)60(84)52(43(9)76)66-55(79)47(33-40(4)5)65-50(77)37-68(11)59(83)53(61(85)73-30-24-19-25-31-73)67-54(78)46(63-10)32-39(2)3/h17-18,20-23,26-29,38-43,46-49,51-53,63,76H,16,19,24-25,30-37H2,1-15H3,(H,64,80)(H,65,77)(H,66,79)(H,67,78)/t42-,43+,46-,47-,48-,49-,51-,52-,53-/m0/s1. The molecule has 24 heteroatoms. The first-order valence-corrected chi connectivity index (χ1v) is 30.0. The Hall–Kier alpha value is -7.47. The molecule has 86 heavy (non-hydrogen) atoms. The van der Waals surface area contributed by atoms with E-state index in [1.165, 1.54) is 47.5 Å². The SMILES string of the molecule is CCN(C(=O)N(C)C(=O)[C@@H](NC(=O)[C@H](CC(C)C)NC(=O)CN(C)C(=O)[C@H](NC(=O)[C@H](CC(C)C)NC)C(=O)N1CCCCC1)[C@@H](C)O)[C@@H](Cc1ccccc1)C(=O)N[C@@H](C)C(=O)N(C)[C@@H](Cc1ccccc1)C(=O)N(C)[C@@H](CC(C)C)N(C)C=O. The van der Waals surface area contributed by atoms with E-state index in [1.54, 1.807) is 72.2 Å². The number of imide groups is 1. The highest BCUT2D eigenvalue weighted by Crippen LogP contribution is 2.20. The number of benzene rings is 2. The molecular weight excluding hydrogens is 1100 g/mol. The molecule has 478 valence electrons. The zero-order valence-electron chi connectivity index (χ0n) is 53.3. The number of piperidine rings is 1. The van der Waals surface area contributed by atoms with Crippen LogP contribution >= 0.6 is 0 Å². The van der Waals surface area contributed by atoms with Gasteiger partial charge in [-0.2, -0.15) is 0 Å². The minimum Gasteiger partial charge on any atom is -0.391 e. The van der Waals surface area contributed by atoms with Crippen molar-refractivity contribution in [2.45, 2.75) is 168 Å². The van der Waals surface area contributed by atoms with Crippen LogP contribution in [-0.2, 0) is 60.8 Å². The number of aliphatic hydroxyl groups is 1. The van der Waals surface area contributed by atoms with Gasteiger partial charge >= 0.3 is 6.03 Å². The fourth-order valence-electron chi connectivity index (χ4n) is 10.4. The van der Waals surface area contributed by atoms with Gasteiger partial charge in [-0.25, -0.2) is 4.79 Å². The predicted molar refractivity (Wildman–Crippen MR) is 326 cm³/mol. The van der Waals surface area contributed by atoms with Crippen LogP contribution in [0.25, 0.3) is 0 Å². The topological polar surface area (TPSA) is 291 Å². The third-order valence-corrected chi connectivity index (χ3v) is 15.4. The van der Waals surface area contributed by atoms with Crippen molar-refractivity contribution >= 4 is 65.6 Å². The lowest BCUT2D eigenvalue weighted by Crippen LogP contribution is -2.62. The number of hydrogen-bond acceptors (Lipinski definition) is 13. The van der Waals surface area contributed by atoms with Crippen LogP contribution in [0, 0.1) is 17.8 Å².